The van der Waals surface area contributed by atoms with E-state index >= 15 is 0 Å². The largest absolute Gasteiger partial charge is 0.391 e. The van der Waals surface area contributed by atoms with E-state index in [1.54, 1.807) is 18.5 Å². The smallest absolute Gasteiger partial charge is 0.119 e. The summed E-state index contributed by atoms with van der Waals surface area (Å²) in [4.78, 5) is 4.55. The minimum Gasteiger partial charge on any atom is -0.391 e. The number of hydrogen-bond donors (Lipinski definition) is 1. The molecule has 0 spiro atoms. The summed E-state index contributed by atoms with van der Waals surface area (Å²) in [5.41, 5.74) is 2.52. The van der Waals surface area contributed by atoms with E-state index in [1.807, 2.05) is 42.5 Å². The molecule has 0 radical (unpaired) electrons. The summed E-state index contributed by atoms with van der Waals surface area (Å²) in [7, 11) is 0. The summed E-state index contributed by atoms with van der Waals surface area (Å²) in [6.45, 7) is 0. The molecule has 2 rings (SSSR count). The highest BCUT2D eigenvalue weighted by atomic mass is 16.6. The topological polar surface area (TPSA) is 21.3 Å². The Morgan fingerprint density at radius 1 is 0.750 bits per heavy atom. The van der Waals surface area contributed by atoms with Gasteiger partial charge in [0.25, 0.3) is 0 Å². The molecular weight excluding hydrogens is 150 g/mol. The van der Waals surface area contributed by atoms with Crippen molar-refractivity contribution in [2.45, 2.75) is 0 Å². The van der Waals surface area contributed by atoms with Crippen molar-refractivity contribution in [3.05, 3.63) is 61.0 Å². The van der Waals surface area contributed by atoms with E-state index in [1.165, 1.54) is 0 Å². The van der Waals surface area contributed by atoms with Crippen molar-refractivity contribution in [1.29, 1.82) is 0 Å². The third kappa shape index (κ3) is 4.17. The molecule has 0 atom stereocenters. The SMILES string of the molecule is C1=CNOC=C1.c1ccccc1. The molecule has 0 aliphatic carbocycles. The van der Waals surface area contributed by atoms with Crippen molar-refractivity contribution in [3.63, 3.8) is 0 Å². The Hall–Kier alpha value is -1.70. The van der Waals surface area contributed by atoms with Gasteiger partial charge in [-0.05, 0) is 12.2 Å². The first-order valence-electron chi connectivity index (χ1n) is 3.73. The molecule has 0 bridgehead atoms. The Balaban J connectivity index is 0.000000120. The fourth-order valence-corrected chi connectivity index (χ4v) is 0.643. The summed E-state index contributed by atoms with van der Waals surface area (Å²) in [6.07, 6.45) is 6.93. The second kappa shape index (κ2) is 6.04. The number of benzene rings is 1. The van der Waals surface area contributed by atoms with Crippen LogP contribution in [0.25, 0.3) is 0 Å². The fraction of sp³-hybridized carbons (Fsp3) is 0. The minimum absolute atomic E-state index is 1.57. The van der Waals surface area contributed by atoms with Gasteiger partial charge in [0, 0.05) is 6.20 Å². The maximum absolute atomic E-state index is 4.55. The first-order valence-corrected chi connectivity index (χ1v) is 3.73. The normalized spacial score (nSPS) is 12.0. The Morgan fingerprint density at radius 2 is 1.33 bits per heavy atom. The van der Waals surface area contributed by atoms with Crippen molar-refractivity contribution in [1.82, 2.24) is 5.48 Å². The number of rotatable bonds is 0. The van der Waals surface area contributed by atoms with Gasteiger partial charge in [-0.1, -0.05) is 36.4 Å². The van der Waals surface area contributed by atoms with Crippen LogP contribution in [0.1, 0.15) is 0 Å². The maximum Gasteiger partial charge on any atom is 0.119 e. The van der Waals surface area contributed by atoms with Crippen molar-refractivity contribution in [2.24, 2.45) is 0 Å². The van der Waals surface area contributed by atoms with Crippen molar-refractivity contribution < 1.29 is 4.84 Å². The van der Waals surface area contributed by atoms with Crippen LogP contribution in [0.2, 0.25) is 0 Å². The lowest BCUT2D eigenvalue weighted by Gasteiger charge is -1.97. The van der Waals surface area contributed by atoms with E-state index in [0.29, 0.717) is 0 Å². The quantitative estimate of drug-likeness (QED) is 0.630. The molecule has 1 aromatic rings. The van der Waals surface area contributed by atoms with Crippen LogP contribution < -0.4 is 5.48 Å². The van der Waals surface area contributed by atoms with Crippen LogP contribution in [0.3, 0.4) is 0 Å². The third-order valence-electron chi connectivity index (χ3n) is 1.16. The van der Waals surface area contributed by atoms with Gasteiger partial charge in [0.15, 0.2) is 0 Å². The van der Waals surface area contributed by atoms with Gasteiger partial charge in [-0.3, -0.25) is 0 Å². The predicted molar refractivity (Wildman–Crippen MR) is 48.9 cm³/mol. The molecule has 2 heteroatoms. The summed E-state index contributed by atoms with van der Waals surface area (Å²) in [6, 6.07) is 12.0. The van der Waals surface area contributed by atoms with Gasteiger partial charge in [-0.2, -0.15) is 0 Å². The molecule has 1 heterocycles. The highest BCUT2D eigenvalue weighted by molar-refractivity contribution is 5.00. The minimum atomic E-state index is 1.57. The highest BCUT2D eigenvalue weighted by Gasteiger charge is 1.72. The van der Waals surface area contributed by atoms with Crippen LogP contribution in [-0.2, 0) is 4.84 Å². The summed E-state index contributed by atoms with van der Waals surface area (Å²) in [5.74, 6) is 0. The van der Waals surface area contributed by atoms with Crippen LogP contribution in [0.5, 0.6) is 0 Å². The van der Waals surface area contributed by atoms with Crippen molar-refractivity contribution in [2.75, 3.05) is 0 Å². The van der Waals surface area contributed by atoms with Crippen LogP contribution in [-0.4, -0.2) is 0 Å². The first-order chi connectivity index (χ1) is 6.00. The van der Waals surface area contributed by atoms with Crippen LogP contribution in [0.15, 0.2) is 61.0 Å². The van der Waals surface area contributed by atoms with Crippen molar-refractivity contribution in [3.8, 4) is 0 Å². The van der Waals surface area contributed by atoms with E-state index < -0.39 is 0 Å². The third-order valence-corrected chi connectivity index (χ3v) is 1.16. The molecule has 0 saturated heterocycles. The van der Waals surface area contributed by atoms with Crippen LogP contribution in [0, 0.1) is 0 Å². The van der Waals surface area contributed by atoms with Gasteiger partial charge in [0.05, 0.1) is 0 Å². The van der Waals surface area contributed by atoms with Gasteiger partial charge < -0.3 is 4.84 Å². The second-order valence-corrected chi connectivity index (χ2v) is 2.08. The molecular formula is C10H11NO. The predicted octanol–water partition coefficient (Wildman–Crippen LogP) is 2.24. The zero-order valence-electron chi connectivity index (χ0n) is 6.68. The molecule has 0 saturated carbocycles. The molecule has 2 nitrogen and oxygen atoms in total. The summed E-state index contributed by atoms with van der Waals surface area (Å²) in [5, 5.41) is 0. The molecule has 1 N–H and O–H groups in total. The lowest BCUT2D eigenvalue weighted by molar-refractivity contribution is 0.172. The van der Waals surface area contributed by atoms with Gasteiger partial charge in [0.1, 0.15) is 6.26 Å². The first kappa shape index (κ1) is 8.40. The molecule has 0 amide bonds. The lowest BCUT2D eigenvalue weighted by Crippen LogP contribution is -2.01. The molecule has 0 aromatic heterocycles. The Labute approximate surface area is 72.1 Å². The Bertz CT molecular complexity index is 203. The molecule has 12 heavy (non-hydrogen) atoms. The van der Waals surface area contributed by atoms with Gasteiger partial charge in [-0.25, -0.2) is 5.48 Å². The number of hydrogen-bond acceptors (Lipinski definition) is 2. The highest BCUT2D eigenvalue weighted by Crippen LogP contribution is 1.81. The molecule has 0 unspecified atom stereocenters. The average molecular weight is 161 g/mol. The van der Waals surface area contributed by atoms with Gasteiger partial charge >= 0.3 is 0 Å². The lowest BCUT2D eigenvalue weighted by atomic mass is 10.4. The van der Waals surface area contributed by atoms with E-state index in [-0.39, 0.29) is 0 Å². The van der Waals surface area contributed by atoms with E-state index in [4.69, 9.17) is 0 Å². The summed E-state index contributed by atoms with van der Waals surface area (Å²) >= 11 is 0. The monoisotopic (exact) mass is 161 g/mol. The van der Waals surface area contributed by atoms with Gasteiger partial charge in [-0.15, -0.1) is 0 Å². The Kier molecular flexibility index (Phi) is 4.23. The maximum atomic E-state index is 4.55. The van der Waals surface area contributed by atoms with E-state index in [9.17, 15) is 0 Å². The molecule has 0 fully saturated rings. The molecule has 1 aliphatic heterocycles. The average Bonchev–Trinajstić information content (AvgIpc) is 2.24. The fourth-order valence-electron chi connectivity index (χ4n) is 0.643. The standard InChI is InChI=1S/C6H6.C4H5NO/c2*1-2-4-6-5-3-1/h1-6H;1-5H. The van der Waals surface area contributed by atoms with Gasteiger partial charge in [0.2, 0.25) is 0 Å². The zero-order chi connectivity index (χ0) is 8.49. The van der Waals surface area contributed by atoms with Crippen LogP contribution in [0.4, 0.5) is 0 Å². The van der Waals surface area contributed by atoms with Crippen molar-refractivity contribution >= 4 is 0 Å². The number of nitrogens with one attached hydrogen (secondary N) is 1. The van der Waals surface area contributed by atoms with E-state index in [2.05, 4.69) is 10.3 Å². The Morgan fingerprint density at radius 3 is 1.50 bits per heavy atom. The molecule has 1 aliphatic rings. The van der Waals surface area contributed by atoms with Crippen LogP contribution >= 0.6 is 0 Å². The second-order valence-electron chi connectivity index (χ2n) is 2.08. The molecule has 1 aromatic carbocycles. The van der Waals surface area contributed by atoms with E-state index in [0.717, 1.165) is 0 Å². The summed E-state index contributed by atoms with van der Waals surface area (Å²) < 4.78 is 0. The number of hydroxylamine groups is 1. The number of allylic oxidation sites excluding steroid dienone is 2. The molecule has 62 valence electrons. The zero-order valence-corrected chi connectivity index (χ0v) is 6.68.